The van der Waals surface area contributed by atoms with Gasteiger partial charge in [-0.15, -0.1) is 0 Å². The van der Waals surface area contributed by atoms with E-state index in [1.165, 1.54) is 0 Å². The molecule has 0 aromatic heterocycles. The molecule has 0 N–H and O–H groups in total. The van der Waals surface area contributed by atoms with Gasteiger partial charge < -0.3 is 0 Å². The highest BCUT2D eigenvalue weighted by Crippen LogP contribution is 2.29. The smallest absolute Gasteiger partial charge is 0.164 e. The fourth-order valence-corrected chi connectivity index (χ4v) is 2.05. The number of nitriles is 1. The molecule has 2 rings (SSSR count). The molecule has 2 nitrogen and oxygen atoms in total. The van der Waals surface area contributed by atoms with E-state index in [9.17, 15) is 4.79 Å². The molecular weight excluding hydrogens is 230 g/mol. The molecule has 0 radical (unpaired) electrons. The van der Waals surface area contributed by atoms with Gasteiger partial charge in [-0.1, -0.05) is 6.07 Å². The molecule has 1 aromatic carbocycles. The number of halogens is 1. The number of fused-ring (bicyclic) bond motifs is 1. The van der Waals surface area contributed by atoms with Crippen molar-refractivity contribution in [2.24, 2.45) is 0 Å². The third-order valence-corrected chi connectivity index (χ3v) is 2.91. The minimum Gasteiger partial charge on any atom is -0.294 e. The van der Waals surface area contributed by atoms with Gasteiger partial charge >= 0.3 is 0 Å². The molecule has 0 saturated carbocycles. The summed E-state index contributed by atoms with van der Waals surface area (Å²) < 4.78 is 0.712. The van der Waals surface area contributed by atoms with Gasteiger partial charge in [-0.2, -0.15) is 5.26 Å². The Kier molecular flexibility index (Phi) is 1.93. The fraction of sp³-hybridized carbons (Fsp3) is 0.200. The van der Waals surface area contributed by atoms with Gasteiger partial charge in [-0.3, -0.25) is 4.79 Å². The molecule has 0 spiro atoms. The summed E-state index contributed by atoms with van der Waals surface area (Å²) in [5, 5.41) is 8.87. The molecule has 0 atom stereocenters. The van der Waals surface area contributed by atoms with Crippen molar-refractivity contribution in [1.82, 2.24) is 0 Å². The van der Waals surface area contributed by atoms with E-state index in [1.54, 1.807) is 0 Å². The molecule has 0 fully saturated rings. The average Bonchev–Trinajstić information content (AvgIpc) is 2.49. The second-order valence-electron chi connectivity index (χ2n) is 2.99. The van der Waals surface area contributed by atoms with Crippen molar-refractivity contribution in [3.05, 3.63) is 33.3 Å². The SMILES string of the molecule is N#Cc1c(Br)ccc2c1C(=O)CC2. The monoisotopic (exact) mass is 235 g/mol. The Labute approximate surface area is 84.3 Å². The van der Waals surface area contributed by atoms with E-state index in [4.69, 9.17) is 5.26 Å². The fourth-order valence-electron chi connectivity index (χ4n) is 1.63. The molecule has 1 aliphatic rings. The van der Waals surface area contributed by atoms with Crippen LogP contribution in [0, 0.1) is 11.3 Å². The van der Waals surface area contributed by atoms with Crippen molar-refractivity contribution in [3.63, 3.8) is 0 Å². The standard InChI is InChI=1S/C10H6BrNO/c11-8-3-1-6-2-4-9(13)10(6)7(8)5-12/h1,3H,2,4H2. The summed E-state index contributed by atoms with van der Waals surface area (Å²) in [6.45, 7) is 0. The van der Waals surface area contributed by atoms with Crippen molar-refractivity contribution in [2.45, 2.75) is 12.8 Å². The van der Waals surface area contributed by atoms with Crippen LogP contribution in [0.4, 0.5) is 0 Å². The number of Topliss-reactive ketones (excluding diaryl/α,β-unsaturated/α-hetero) is 1. The first kappa shape index (κ1) is 8.46. The van der Waals surface area contributed by atoms with Crippen LogP contribution < -0.4 is 0 Å². The molecule has 1 aromatic rings. The molecule has 3 heteroatoms. The predicted molar refractivity (Wildman–Crippen MR) is 51.5 cm³/mol. The van der Waals surface area contributed by atoms with Crippen LogP contribution in [0.1, 0.15) is 27.9 Å². The van der Waals surface area contributed by atoms with Gasteiger partial charge in [0.1, 0.15) is 6.07 Å². The van der Waals surface area contributed by atoms with Gasteiger partial charge in [-0.25, -0.2) is 0 Å². The summed E-state index contributed by atoms with van der Waals surface area (Å²) in [6, 6.07) is 5.80. The molecule has 0 heterocycles. The zero-order valence-electron chi connectivity index (χ0n) is 6.80. The van der Waals surface area contributed by atoms with Crippen LogP contribution in [-0.2, 0) is 6.42 Å². The number of aryl methyl sites for hydroxylation is 1. The topological polar surface area (TPSA) is 40.9 Å². The zero-order chi connectivity index (χ0) is 9.42. The molecule has 0 unspecified atom stereocenters. The van der Waals surface area contributed by atoms with Gasteiger partial charge in [-0.05, 0) is 34.0 Å². The first-order chi connectivity index (χ1) is 6.24. The van der Waals surface area contributed by atoms with Gasteiger partial charge in [0.2, 0.25) is 0 Å². The molecule has 0 bridgehead atoms. The highest BCUT2D eigenvalue weighted by atomic mass is 79.9. The molecule has 64 valence electrons. The minimum atomic E-state index is 0.0906. The molecule has 0 aliphatic heterocycles. The molecule has 0 saturated heterocycles. The van der Waals surface area contributed by atoms with Crippen LogP contribution in [0.15, 0.2) is 16.6 Å². The lowest BCUT2D eigenvalue weighted by atomic mass is 10.0. The van der Waals surface area contributed by atoms with E-state index in [1.807, 2.05) is 12.1 Å². The second kappa shape index (κ2) is 2.97. The lowest BCUT2D eigenvalue weighted by Crippen LogP contribution is -1.96. The summed E-state index contributed by atoms with van der Waals surface area (Å²) in [5.41, 5.74) is 2.11. The van der Waals surface area contributed by atoms with Crippen molar-refractivity contribution < 1.29 is 4.79 Å². The lowest BCUT2D eigenvalue weighted by Gasteiger charge is -2.01. The van der Waals surface area contributed by atoms with Gasteiger partial charge in [0, 0.05) is 16.5 Å². The number of carbonyl (C=O) groups is 1. The number of hydrogen-bond acceptors (Lipinski definition) is 2. The van der Waals surface area contributed by atoms with Crippen LogP contribution in [0.25, 0.3) is 0 Å². The summed E-state index contributed by atoms with van der Waals surface area (Å²) in [7, 11) is 0. The third kappa shape index (κ3) is 1.18. The van der Waals surface area contributed by atoms with Crippen molar-refractivity contribution in [3.8, 4) is 6.07 Å². The Bertz CT molecular complexity index is 431. The van der Waals surface area contributed by atoms with E-state index in [0.29, 0.717) is 22.0 Å². The molecular formula is C10H6BrNO. The first-order valence-corrected chi connectivity index (χ1v) is 4.78. The van der Waals surface area contributed by atoms with E-state index >= 15 is 0 Å². The van der Waals surface area contributed by atoms with Crippen LogP contribution in [0.3, 0.4) is 0 Å². The normalized spacial score (nSPS) is 14.0. The average molecular weight is 236 g/mol. The summed E-state index contributed by atoms with van der Waals surface area (Å²) in [5.74, 6) is 0.0906. The van der Waals surface area contributed by atoms with Gasteiger partial charge in [0.25, 0.3) is 0 Å². The Morgan fingerprint density at radius 3 is 2.85 bits per heavy atom. The number of ketones is 1. The van der Waals surface area contributed by atoms with Crippen LogP contribution in [0.5, 0.6) is 0 Å². The highest BCUT2D eigenvalue weighted by Gasteiger charge is 2.24. The van der Waals surface area contributed by atoms with E-state index < -0.39 is 0 Å². The molecule has 13 heavy (non-hydrogen) atoms. The molecule has 0 amide bonds. The Morgan fingerprint density at radius 1 is 1.38 bits per heavy atom. The predicted octanol–water partition coefficient (Wildman–Crippen LogP) is 2.45. The summed E-state index contributed by atoms with van der Waals surface area (Å²) >= 11 is 3.26. The van der Waals surface area contributed by atoms with Crippen molar-refractivity contribution in [1.29, 1.82) is 5.26 Å². The van der Waals surface area contributed by atoms with Crippen LogP contribution in [0.2, 0.25) is 0 Å². The minimum absolute atomic E-state index is 0.0906. The van der Waals surface area contributed by atoms with Crippen LogP contribution >= 0.6 is 15.9 Å². The number of benzene rings is 1. The van der Waals surface area contributed by atoms with Gasteiger partial charge in [0.15, 0.2) is 5.78 Å². The Morgan fingerprint density at radius 2 is 2.15 bits per heavy atom. The van der Waals surface area contributed by atoms with Crippen molar-refractivity contribution >= 4 is 21.7 Å². The Hall–Kier alpha value is -1.14. The third-order valence-electron chi connectivity index (χ3n) is 2.25. The van der Waals surface area contributed by atoms with E-state index in [-0.39, 0.29) is 5.78 Å². The van der Waals surface area contributed by atoms with Crippen LogP contribution in [-0.4, -0.2) is 5.78 Å². The molecule has 1 aliphatic carbocycles. The zero-order valence-corrected chi connectivity index (χ0v) is 8.39. The number of rotatable bonds is 0. The van der Waals surface area contributed by atoms with Gasteiger partial charge in [0.05, 0.1) is 5.56 Å². The second-order valence-corrected chi connectivity index (χ2v) is 3.85. The number of carbonyl (C=O) groups excluding carboxylic acids is 1. The Balaban J connectivity index is 2.76. The van der Waals surface area contributed by atoms with Crippen molar-refractivity contribution in [2.75, 3.05) is 0 Å². The number of hydrogen-bond donors (Lipinski definition) is 0. The highest BCUT2D eigenvalue weighted by molar-refractivity contribution is 9.10. The largest absolute Gasteiger partial charge is 0.294 e. The summed E-state index contributed by atoms with van der Waals surface area (Å²) in [6.07, 6.45) is 1.32. The van der Waals surface area contributed by atoms with E-state index in [0.717, 1.165) is 12.0 Å². The number of nitrogens with zero attached hydrogens (tertiary/aromatic N) is 1. The summed E-state index contributed by atoms with van der Waals surface area (Å²) in [4.78, 5) is 11.4. The quantitative estimate of drug-likeness (QED) is 0.694. The maximum Gasteiger partial charge on any atom is 0.164 e. The van der Waals surface area contributed by atoms with E-state index in [2.05, 4.69) is 22.0 Å². The first-order valence-electron chi connectivity index (χ1n) is 3.98. The maximum absolute atomic E-state index is 11.4. The lowest BCUT2D eigenvalue weighted by molar-refractivity contribution is 0.0994. The maximum atomic E-state index is 11.4.